The fraction of sp³-hybridized carbons (Fsp3) is 0.111. The van der Waals surface area contributed by atoms with Gasteiger partial charge in [-0.3, -0.25) is 4.79 Å². The van der Waals surface area contributed by atoms with E-state index in [1.165, 1.54) is 5.56 Å². The zero-order valence-electron chi connectivity index (χ0n) is 12.2. The van der Waals surface area contributed by atoms with Crippen molar-refractivity contribution in [1.29, 1.82) is 0 Å². The molecule has 1 heterocycles. The van der Waals surface area contributed by atoms with E-state index in [2.05, 4.69) is 35.4 Å². The highest BCUT2D eigenvalue weighted by Crippen LogP contribution is 2.24. The minimum atomic E-state index is -0.0781. The third kappa shape index (κ3) is 3.40. The smallest absolute Gasteiger partial charge is 0.251 e. The van der Waals surface area contributed by atoms with Crippen molar-refractivity contribution in [2.24, 2.45) is 0 Å². The van der Waals surface area contributed by atoms with Crippen LogP contribution in [-0.2, 0) is 6.54 Å². The number of hydrogen-bond acceptors (Lipinski definition) is 3. The molecule has 0 aliphatic rings. The summed E-state index contributed by atoms with van der Waals surface area (Å²) in [6, 6.07) is 17.5. The molecule has 1 aromatic heterocycles. The van der Waals surface area contributed by atoms with Crippen LogP contribution in [0.25, 0.3) is 10.6 Å². The molecule has 2 aromatic carbocycles. The molecule has 0 unspecified atom stereocenters. The van der Waals surface area contributed by atoms with Crippen LogP contribution in [0.15, 0.2) is 60.0 Å². The first kappa shape index (κ1) is 14.5. The Labute approximate surface area is 133 Å². The molecule has 1 amide bonds. The van der Waals surface area contributed by atoms with Crippen molar-refractivity contribution in [3.63, 3.8) is 0 Å². The van der Waals surface area contributed by atoms with Crippen LogP contribution in [0.5, 0.6) is 0 Å². The Kier molecular flexibility index (Phi) is 4.30. The van der Waals surface area contributed by atoms with Crippen molar-refractivity contribution in [2.75, 3.05) is 0 Å². The van der Waals surface area contributed by atoms with Gasteiger partial charge < -0.3 is 5.32 Å². The Hall–Kier alpha value is -2.46. The number of carbonyl (C=O) groups excluding carboxylic acids is 1. The maximum absolute atomic E-state index is 12.0. The molecule has 110 valence electrons. The second kappa shape index (κ2) is 6.54. The van der Waals surface area contributed by atoms with Crippen molar-refractivity contribution < 1.29 is 4.79 Å². The summed E-state index contributed by atoms with van der Waals surface area (Å²) >= 11 is 1.60. The highest BCUT2D eigenvalue weighted by Gasteiger charge is 2.08. The molecule has 0 aliphatic heterocycles. The molecule has 4 heteroatoms. The predicted molar refractivity (Wildman–Crippen MR) is 89.9 cm³/mol. The van der Waals surface area contributed by atoms with Gasteiger partial charge in [0.2, 0.25) is 0 Å². The fourth-order valence-electron chi connectivity index (χ4n) is 2.16. The van der Waals surface area contributed by atoms with E-state index in [0.29, 0.717) is 12.1 Å². The lowest BCUT2D eigenvalue weighted by atomic mass is 10.1. The number of benzene rings is 2. The molecular weight excluding hydrogens is 292 g/mol. The van der Waals surface area contributed by atoms with Crippen molar-refractivity contribution in [1.82, 2.24) is 10.3 Å². The van der Waals surface area contributed by atoms with Crippen molar-refractivity contribution in [3.05, 3.63) is 76.8 Å². The van der Waals surface area contributed by atoms with Gasteiger partial charge in [0.15, 0.2) is 0 Å². The highest BCUT2D eigenvalue weighted by atomic mass is 32.1. The normalized spacial score (nSPS) is 10.4. The van der Waals surface area contributed by atoms with Crippen molar-refractivity contribution >= 4 is 17.2 Å². The number of nitrogens with zero attached hydrogens (tertiary/aromatic N) is 1. The van der Waals surface area contributed by atoms with E-state index in [1.807, 2.05) is 29.6 Å². The van der Waals surface area contributed by atoms with Gasteiger partial charge in [0.05, 0.1) is 12.2 Å². The van der Waals surface area contributed by atoms with Crippen molar-refractivity contribution in [3.8, 4) is 10.6 Å². The van der Waals surface area contributed by atoms with E-state index in [9.17, 15) is 4.79 Å². The van der Waals surface area contributed by atoms with Crippen LogP contribution in [0.4, 0.5) is 0 Å². The van der Waals surface area contributed by atoms with Crippen LogP contribution in [0, 0.1) is 6.92 Å². The first-order valence-electron chi connectivity index (χ1n) is 7.07. The molecule has 0 saturated carbocycles. The van der Waals surface area contributed by atoms with Gasteiger partial charge in [-0.05, 0) is 25.1 Å². The molecule has 1 N–H and O–H groups in total. The largest absolute Gasteiger partial charge is 0.346 e. The molecule has 0 saturated heterocycles. The van der Waals surface area contributed by atoms with Crippen LogP contribution in [-0.4, -0.2) is 10.9 Å². The summed E-state index contributed by atoms with van der Waals surface area (Å²) in [6.07, 6.45) is 0. The van der Waals surface area contributed by atoms with Gasteiger partial charge in [-0.1, -0.05) is 42.0 Å². The number of carbonyl (C=O) groups is 1. The average molecular weight is 308 g/mol. The average Bonchev–Trinajstić information content (AvgIpc) is 3.02. The number of thiazole rings is 1. The van der Waals surface area contributed by atoms with Crippen LogP contribution in [0.2, 0.25) is 0 Å². The lowest BCUT2D eigenvalue weighted by Gasteiger charge is -2.02. The van der Waals surface area contributed by atoms with Gasteiger partial charge in [0.25, 0.3) is 5.91 Å². The minimum Gasteiger partial charge on any atom is -0.346 e. The van der Waals surface area contributed by atoms with Gasteiger partial charge in [-0.25, -0.2) is 4.98 Å². The number of aromatic nitrogens is 1. The van der Waals surface area contributed by atoms with E-state index in [1.54, 1.807) is 23.5 Å². The third-order valence-electron chi connectivity index (χ3n) is 3.28. The van der Waals surface area contributed by atoms with E-state index >= 15 is 0 Å². The maximum atomic E-state index is 12.0. The van der Waals surface area contributed by atoms with Gasteiger partial charge in [-0.2, -0.15) is 0 Å². The molecule has 3 nitrogen and oxygen atoms in total. The fourth-order valence-corrected chi connectivity index (χ4v) is 2.98. The Morgan fingerprint density at radius 1 is 1.14 bits per heavy atom. The zero-order valence-corrected chi connectivity index (χ0v) is 13.1. The summed E-state index contributed by atoms with van der Waals surface area (Å²) < 4.78 is 0. The lowest BCUT2D eigenvalue weighted by Crippen LogP contribution is -2.22. The topological polar surface area (TPSA) is 42.0 Å². The number of rotatable bonds is 4. The van der Waals surface area contributed by atoms with E-state index < -0.39 is 0 Å². The highest BCUT2D eigenvalue weighted by molar-refractivity contribution is 7.13. The first-order valence-corrected chi connectivity index (χ1v) is 7.95. The zero-order chi connectivity index (χ0) is 15.4. The molecule has 3 rings (SSSR count). The standard InChI is InChI=1S/C18H16N2OS/c1-13-6-5-9-15(10-13)18-20-16(12-22-18)11-19-17(21)14-7-3-2-4-8-14/h2-10,12H,11H2,1H3,(H,19,21). The molecule has 0 radical (unpaired) electrons. The lowest BCUT2D eigenvalue weighted by molar-refractivity contribution is 0.0950. The predicted octanol–water partition coefficient (Wildman–Crippen LogP) is 4.05. The molecule has 0 bridgehead atoms. The molecule has 0 aliphatic carbocycles. The summed E-state index contributed by atoms with van der Waals surface area (Å²) in [7, 11) is 0. The summed E-state index contributed by atoms with van der Waals surface area (Å²) in [5.74, 6) is -0.0781. The van der Waals surface area contributed by atoms with Crippen LogP contribution in [0.3, 0.4) is 0 Å². The summed E-state index contributed by atoms with van der Waals surface area (Å²) in [5, 5.41) is 5.86. The summed E-state index contributed by atoms with van der Waals surface area (Å²) in [4.78, 5) is 16.6. The van der Waals surface area contributed by atoms with Gasteiger partial charge >= 0.3 is 0 Å². The Balaban J connectivity index is 1.66. The first-order chi connectivity index (χ1) is 10.7. The molecular formula is C18H16N2OS. The molecule has 0 spiro atoms. The van der Waals surface area contributed by atoms with E-state index in [4.69, 9.17) is 0 Å². The number of aryl methyl sites for hydroxylation is 1. The van der Waals surface area contributed by atoms with Crippen molar-refractivity contribution in [2.45, 2.75) is 13.5 Å². The molecule has 3 aromatic rings. The summed E-state index contributed by atoms with van der Waals surface area (Å²) in [6.45, 7) is 2.51. The second-order valence-electron chi connectivity index (χ2n) is 5.06. The van der Waals surface area contributed by atoms with Crippen LogP contribution in [0.1, 0.15) is 21.6 Å². The van der Waals surface area contributed by atoms with Gasteiger partial charge in [0, 0.05) is 16.5 Å². The Bertz CT molecular complexity index is 781. The summed E-state index contributed by atoms with van der Waals surface area (Å²) in [5.41, 5.74) is 3.87. The third-order valence-corrected chi connectivity index (χ3v) is 4.22. The van der Waals surface area contributed by atoms with Gasteiger partial charge in [0.1, 0.15) is 5.01 Å². The maximum Gasteiger partial charge on any atom is 0.251 e. The quantitative estimate of drug-likeness (QED) is 0.790. The molecule has 0 fully saturated rings. The SMILES string of the molecule is Cc1cccc(-c2nc(CNC(=O)c3ccccc3)cs2)c1. The van der Waals surface area contributed by atoms with E-state index in [0.717, 1.165) is 16.3 Å². The minimum absolute atomic E-state index is 0.0781. The number of nitrogens with one attached hydrogen (secondary N) is 1. The van der Waals surface area contributed by atoms with Gasteiger partial charge in [-0.15, -0.1) is 11.3 Å². The Morgan fingerprint density at radius 2 is 1.95 bits per heavy atom. The molecule has 22 heavy (non-hydrogen) atoms. The number of hydrogen-bond donors (Lipinski definition) is 1. The number of amides is 1. The monoisotopic (exact) mass is 308 g/mol. The Morgan fingerprint density at radius 3 is 2.73 bits per heavy atom. The van der Waals surface area contributed by atoms with E-state index in [-0.39, 0.29) is 5.91 Å². The second-order valence-corrected chi connectivity index (χ2v) is 5.92. The van der Waals surface area contributed by atoms with Crippen LogP contribution >= 0.6 is 11.3 Å². The molecule has 0 atom stereocenters. The van der Waals surface area contributed by atoms with Crippen LogP contribution < -0.4 is 5.32 Å².